The van der Waals surface area contributed by atoms with Crippen molar-refractivity contribution in [3.05, 3.63) is 0 Å². The molecular formula is C10H26N2Si. The zero-order valence-corrected chi connectivity index (χ0v) is 11.5. The topological polar surface area (TPSA) is 24.1 Å². The summed E-state index contributed by atoms with van der Waals surface area (Å²) in [5, 5.41) is 0.628. The zero-order chi connectivity index (χ0) is 10.9. The second-order valence-electron chi connectivity index (χ2n) is 5.75. The van der Waals surface area contributed by atoms with Crippen LogP contribution in [-0.2, 0) is 0 Å². The number of nitrogens with one attached hydrogen (secondary N) is 2. The van der Waals surface area contributed by atoms with Gasteiger partial charge in [-0.3, -0.25) is 0 Å². The van der Waals surface area contributed by atoms with Gasteiger partial charge in [0.1, 0.15) is 0 Å². The molecule has 0 fully saturated rings. The van der Waals surface area contributed by atoms with E-state index in [-0.39, 0.29) is 0 Å². The molecule has 0 saturated carbocycles. The molecule has 0 rings (SSSR count). The van der Waals surface area contributed by atoms with Crippen LogP contribution < -0.4 is 9.96 Å². The van der Waals surface area contributed by atoms with Gasteiger partial charge >= 0.3 is 0 Å². The van der Waals surface area contributed by atoms with Crippen LogP contribution >= 0.6 is 0 Å². The predicted octanol–water partition coefficient (Wildman–Crippen LogP) is 2.47. The highest BCUT2D eigenvalue weighted by Crippen LogP contribution is 2.46. The highest BCUT2D eigenvalue weighted by molar-refractivity contribution is 6.80. The highest BCUT2D eigenvalue weighted by Gasteiger charge is 2.51. The molecule has 0 radical (unpaired) electrons. The molecule has 0 aromatic rings. The van der Waals surface area contributed by atoms with Crippen molar-refractivity contribution in [3.8, 4) is 0 Å². The van der Waals surface area contributed by atoms with Crippen LogP contribution in [0.5, 0.6) is 0 Å². The zero-order valence-electron chi connectivity index (χ0n) is 10.5. The van der Waals surface area contributed by atoms with E-state index in [9.17, 15) is 0 Å². The fourth-order valence-electron chi connectivity index (χ4n) is 2.75. The molecule has 3 heteroatoms. The van der Waals surface area contributed by atoms with Gasteiger partial charge in [-0.2, -0.15) is 0 Å². The molecule has 80 valence electrons. The maximum atomic E-state index is 3.57. The predicted molar refractivity (Wildman–Crippen MR) is 63.3 cm³/mol. The molecule has 0 aliphatic carbocycles. The minimum Gasteiger partial charge on any atom is -0.327 e. The van der Waals surface area contributed by atoms with Gasteiger partial charge in [-0.15, -0.1) is 0 Å². The molecule has 0 bridgehead atoms. The molecule has 0 aliphatic rings. The Labute approximate surface area is 84.7 Å². The first kappa shape index (κ1) is 13.1. The largest absolute Gasteiger partial charge is 0.327 e. The lowest BCUT2D eigenvalue weighted by Gasteiger charge is -2.50. The van der Waals surface area contributed by atoms with Crippen molar-refractivity contribution < 1.29 is 0 Å². The van der Waals surface area contributed by atoms with Crippen molar-refractivity contribution in [2.45, 2.75) is 51.6 Å². The molecule has 0 amide bonds. The van der Waals surface area contributed by atoms with Gasteiger partial charge in [-0.1, -0.05) is 41.5 Å². The molecule has 0 unspecified atom stereocenters. The van der Waals surface area contributed by atoms with Crippen molar-refractivity contribution in [2.24, 2.45) is 0 Å². The van der Waals surface area contributed by atoms with Gasteiger partial charge in [-0.25, -0.2) is 0 Å². The average molecular weight is 202 g/mol. The van der Waals surface area contributed by atoms with Crippen LogP contribution in [0.4, 0.5) is 0 Å². The van der Waals surface area contributed by atoms with E-state index in [4.69, 9.17) is 0 Å². The van der Waals surface area contributed by atoms with E-state index >= 15 is 0 Å². The van der Waals surface area contributed by atoms with Crippen LogP contribution in [0.1, 0.15) is 41.5 Å². The lowest BCUT2D eigenvalue weighted by Crippen LogP contribution is -2.70. The second-order valence-corrected chi connectivity index (χ2v) is 11.2. The lowest BCUT2D eigenvalue weighted by molar-refractivity contribution is 0.567. The first-order valence-electron chi connectivity index (χ1n) is 5.00. The third kappa shape index (κ3) is 2.14. The van der Waals surface area contributed by atoms with Crippen molar-refractivity contribution >= 4 is 8.40 Å². The van der Waals surface area contributed by atoms with Gasteiger partial charge in [0.15, 0.2) is 0 Å². The van der Waals surface area contributed by atoms with Crippen LogP contribution in [0.15, 0.2) is 0 Å². The fraction of sp³-hybridized carbons (Fsp3) is 1.00. The summed E-state index contributed by atoms with van der Waals surface area (Å²) < 4.78 is 0. The van der Waals surface area contributed by atoms with Gasteiger partial charge < -0.3 is 9.96 Å². The SMILES string of the molecule is CN[Si](NC)(C(C)(C)C)C(C)(C)C. The van der Waals surface area contributed by atoms with E-state index in [1.54, 1.807) is 0 Å². The van der Waals surface area contributed by atoms with Crippen molar-refractivity contribution in [1.29, 1.82) is 0 Å². The molecule has 2 N–H and O–H groups in total. The van der Waals surface area contributed by atoms with E-state index in [0.717, 1.165) is 0 Å². The van der Waals surface area contributed by atoms with Crippen LogP contribution in [0, 0.1) is 0 Å². The lowest BCUT2D eigenvalue weighted by atomic mass is 10.2. The van der Waals surface area contributed by atoms with Crippen LogP contribution in [-0.4, -0.2) is 22.5 Å². The minimum atomic E-state index is -1.65. The van der Waals surface area contributed by atoms with E-state index in [0.29, 0.717) is 10.1 Å². The summed E-state index contributed by atoms with van der Waals surface area (Å²) in [6, 6.07) is 0. The summed E-state index contributed by atoms with van der Waals surface area (Å²) in [7, 11) is 2.52. The van der Waals surface area contributed by atoms with Crippen LogP contribution in [0.3, 0.4) is 0 Å². The number of hydrogen-bond acceptors (Lipinski definition) is 2. The van der Waals surface area contributed by atoms with Gasteiger partial charge in [-0.05, 0) is 24.2 Å². The maximum Gasteiger partial charge on any atom is 0.211 e. The summed E-state index contributed by atoms with van der Waals surface area (Å²) in [6.07, 6.45) is 0. The molecule has 0 atom stereocenters. The molecule has 13 heavy (non-hydrogen) atoms. The minimum absolute atomic E-state index is 0.314. The van der Waals surface area contributed by atoms with E-state index in [1.165, 1.54) is 0 Å². The standard InChI is InChI=1S/C10H26N2Si/c1-9(2,3)13(11-7,12-8)10(4,5)6/h11-12H,1-8H3. The molecular weight excluding hydrogens is 176 g/mol. The third-order valence-electron chi connectivity index (χ3n) is 3.00. The summed E-state index contributed by atoms with van der Waals surface area (Å²) >= 11 is 0. The Morgan fingerprint density at radius 3 is 0.923 bits per heavy atom. The molecule has 0 aromatic heterocycles. The van der Waals surface area contributed by atoms with Gasteiger partial charge in [0.05, 0.1) is 0 Å². The summed E-state index contributed by atoms with van der Waals surface area (Å²) in [4.78, 5) is 7.15. The Kier molecular flexibility index (Phi) is 3.75. The second kappa shape index (κ2) is 3.71. The average Bonchev–Trinajstić information content (AvgIpc) is 1.84. The van der Waals surface area contributed by atoms with Crippen molar-refractivity contribution in [2.75, 3.05) is 14.1 Å². The molecule has 0 aromatic carbocycles. The first-order valence-corrected chi connectivity index (χ1v) is 7.00. The summed E-state index contributed by atoms with van der Waals surface area (Å²) in [6.45, 7) is 13.9. The Morgan fingerprint density at radius 2 is 0.923 bits per heavy atom. The number of hydrogen-bond donors (Lipinski definition) is 2. The third-order valence-corrected chi connectivity index (χ3v) is 9.00. The van der Waals surface area contributed by atoms with Crippen molar-refractivity contribution in [3.63, 3.8) is 0 Å². The molecule has 0 saturated heterocycles. The van der Waals surface area contributed by atoms with Gasteiger partial charge in [0, 0.05) is 0 Å². The molecule has 0 aliphatic heterocycles. The van der Waals surface area contributed by atoms with E-state index in [1.807, 2.05) is 0 Å². The van der Waals surface area contributed by atoms with E-state index < -0.39 is 8.40 Å². The fourth-order valence-corrected chi connectivity index (χ4v) is 8.25. The Morgan fingerprint density at radius 1 is 0.692 bits per heavy atom. The molecule has 0 spiro atoms. The van der Waals surface area contributed by atoms with Crippen LogP contribution in [0.25, 0.3) is 0 Å². The van der Waals surface area contributed by atoms with Crippen molar-refractivity contribution in [1.82, 2.24) is 9.96 Å². The number of rotatable bonds is 2. The smallest absolute Gasteiger partial charge is 0.211 e. The summed E-state index contributed by atoms with van der Waals surface area (Å²) in [5.74, 6) is 0. The molecule has 0 heterocycles. The monoisotopic (exact) mass is 202 g/mol. The molecule has 2 nitrogen and oxygen atoms in total. The highest BCUT2D eigenvalue weighted by atomic mass is 28.3. The normalized spacial score (nSPS) is 14.8. The Balaban J connectivity index is 5.17. The van der Waals surface area contributed by atoms with Gasteiger partial charge in [0.2, 0.25) is 8.40 Å². The van der Waals surface area contributed by atoms with Gasteiger partial charge in [0.25, 0.3) is 0 Å². The quantitative estimate of drug-likeness (QED) is 0.672. The first-order chi connectivity index (χ1) is 5.62. The summed E-state index contributed by atoms with van der Waals surface area (Å²) in [5.41, 5.74) is 0. The maximum absolute atomic E-state index is 3.57. The Bertz CT molecular complexity index is 145. The van der Waals surface area contributed by atoms with Crippen LogP contribution in [0.2, 0.25) is 10.1 Å². The Hall–Kier alpha value is 0.137. The van der Waals surface area contributed by atoms with E-state index in [2.05, 4.69) is 65.6 Å².